The number of hydrogen-bond donors (Lipinski definition) is 1. The predicted octanol–water partition coefficient (Wildman–Crippen LogP) is 4.76. The lowest BCUT2D eigenvalue weighted by Gasteiger charge is -2.16. The second kappa shape index (κ2) is 10.3. The molecule has 1 aliphatic rings. The highest BCUT2D eigenvalue weighted by atomic mass is 19.1. The van der Waals surface area contributed by atoms with E-state index in [1.54, 1.807) is 18.2 Å². The largest absolute Gasteiger partial charge is 0.493 e. The first-order valence-electron chi connectivity index (χ1n) is 11.4. The van der Waals surface area contributed by atoms with Crippen LogP contribution in [0.1, 0.15) is 38.8 Å². The minimum atomic E-state index is -0.435. The Balaban J connectivity index is 1.54. The van der Waals surface area contributed by atoms with E-state index in [4.69, 9.17) is 18.9 Å². The first-order valence-corrected chi connectivity index (χ1v) is 11.4. The molecule has 1 amide bonds. The highest BCUT2D eigenvalue weighted by Gasteiger charge is 2.28. The molecule has 0 saturated carbocycles. The Bertz CT molecular complexity index is 1310. The van der Waals surface area contributed by atoms with Gasteiger partial charge in [-0.05, 0) is 61.4 Å². The summed E-state index contributed by atoms with van der Waals surface area (Å²) < 4.78 is 36.9. The predicted molar refractivity (Wildman–Crippen MR) is 133 cm³/mol. The maximum atomic E-state index is 14.8. The van der Waals surface area contributed by atoms with E-state index < -0.39 is 5.82 Å². The number of carbonyl (C=O) groups excluding carboxylic acids is 2. The van der Waals surface area contributed by atoms with Crippen LogP contribution in [0.25, 0.3) is 11.1 Å². The van der Waals surface area contributed by atoms with E-state index >= 15 is 0 Å². The number of ketones is 1. The van der Waals surface area contributed by atoms with Crippen molar-refractivity contribution in [2.75, 3.05) is 27.9 Å². The Kier molecular flexibility index (Phi) is 7.15. The molecule has 7 nitrogen and oxygen atoms in total. The number of rotatable bonds is 8. The second-order valence-electron chi connectivity index (χ2n) is 8.62. The van der Waals surface area contributed by atoms with E-state index in [1.807, 2.05) is 19.1 Å². The van der Waals surface area contributed by atoms with E-state index in [9.17, 15) is 14.0 Å². The van der Waals surface area contributed by atoms with E-state index in [0.29, 0.717) is 51.7 Å². The molecule has 1 aliphatic heterocycles. The number of fused-ring (bicyclic) bond motifs is 1. The monoisotopic (exact) mass is 493 g/mol. The van der Waals surface area contributed by atoms with E-state index in [-0.39, 0.29) is 24.3 Å². The standard InChI is InChI=1S/C28H28FNO6/c1-15-8-18-10-20(14-30-28(32)19-12-24(33-3)27(35-5)25(13-19)34-4)36-26(18)22(9-15)21-11-17(16(2)31)6-7-23(21)29/h6-9,11-13,20H,10,14H2,1-5H3,(H,30,32)/t20-/m0/s1. The van der Waals surface area contributed by atoms with Gasteiger partial charge < -0.3 is 24.3 Å². The molecule has 0 aromatic heterocycles. The van der Waals surface area contributed by atoms with Crippen molar-refractivity contribution >= 4 is 11.7 Å². The van der Waals surface area contributed by atoms with Crippen LogP contribution in [0, 0.1) is 12.7 Å². The number of ether oxygens (including phenoxy) is 4. The molecule has 8 heteroatoms. The molecule has 1 heterocycles. The fourth-order valence-corrected chi connectivity index (χ4v) is 4.38. The van der Waals surface area contributed by atoms with Gasteiger partial charge in [0.15, 0.2) is 17.3 Å². The molecule has 0 fully saturated rings. The van der Waals surface area contributed by atoms with Crippen molar-refractivity contribution in [3.63, 3.8) is 0 Å². The lowest BCUT2D eigenvalue weighted by molar-refractivity contribution is 0.0932. The summed E-state index contributed by atoms with van der Waals surface area (Å²) in [5.74, 6) is 0.806. The Morgan fingerprint density at radius 1 is 0.972 bits per heavy atom. The smallest absolute Gasteiger partial charge is 0.251 e. The van der Waals surface area contributed by atoms with Gasteiger partial charge in [0.2, 0.25) is 5.75 Å². The molecule has 4 rings (SSSR count). The number of amides is 1. The Morgan fingerprint density at radius 3 is 2.28 bits per heavy atom. The molecule has 1 atom stereocenters. The van der Waals surface area contributed by atoms with Crippen LogP contribution in [0.2, 0.25) is 0 Å². The first-order chi connectivity index (χ1) is 17.2. The number of benzene rings is 3. The zero-order valence-electron chi connectivity index (χ0n) is 20.9. The van der Waals surface area contributed by atoms with Crippen LogP contribution in [0.4, 0.5) is 4.39 Å². The van der Waals surface area contributed by atoms with Crippen molar-refractivity contribution in [2.24, 2.45) is 0 Å². The topological polar surface area (TPSA) is 83.1 Å². The Hall–Kier alpha value is -4.07. The summed E-state index contributed by atoms with van der Waals surface area (Å²) in [7, 11) is 4.46. The molecule has 3 aromatic rings. The molecule has 0 unspecified atom stereocenters. The van der Waals surface area contributed by atoms with Crippen molar-refractivity contribution in [3.05, 3.63) is 70.5 Å². The van der Waals surface area contributed by atoms with Crippen LogP contribution in [0.15, 0.2) is 42.5 Å². The first kappa shape index (κ1) is 25.0. The molecule has 3 aromatic carbocycles. The van der Waals surface area contributed by atoms with Crippen molar-refractivity contribution in [3.8, 4) is 34.1 Å². The third-order valence-electron chi connectivity index (χ3n) is 6.12. The van der Waals surface area contributed by atoms with Crippen molar-refractivity contribution in [2.45, 2.75) is 26.4 Å². The minimum absolute atomic E-state index is 0.145. The summed E-state index contributed by atoms with van der Waals surface area (Å²) in [5, 5.41) is 2.89. The van der Waals surface area contributed by atoms with Gasteiger partial charge in [0, 0.05) is 28.7 Å². The quantitative estimate of drug-likeness (QED) is 0.456. The summed E-state index contributed by atoms with van der Waals surface area (Å²) in [6, 6.07) is 11.3. The molecule has 0 saturated heterocycles. The maximum absolute atomic E-state index is 14.8. The molecular formula is C28H28FNO6. The van der Waals surface area contributed by atoms with E-state index in [1.165, 1.54) is 40.4 Å². The third-order valence-corrected chi connectivity index (χ3v) is 6.12. The van der Waals surface area contributed by atoms with E-state index in [0.717, 1.165) is 11.1 Å². The van der Waals surface area contributed by atoms with Crippen LogP contribution in [-0.4, -0.2) is 45.7 Å². The normalized spacial score (nSPS) is 14.0. The number of carbonyl (C=O) groups is 2. The highest BCUT2D eigenvalue weighted by molar-refractivity contribution is 5.96. The van der Waals surface area contributed by atoms with Gasteiger partial charge in [0.1, 0.15) is 17.7 Å². The van der Waals surface area contributed by atoms with Crippen LogP contribution < -0.4 is 24.3 Å². The van der Waals surface area contributed by atoms with Gasteiger partial charge in [-0.25, -0.2) is 4.39 Å². The number of hydrogen-bond acceptors (Lipinski definition) is 6. The number of nitrogens with one attached hydrogen (secondary N) is 1. The summed E-state index contributed by atoms with van der Waals surface area (Å²) >= 11 is 0. The van der Waals surface area contributed by atoms with Gasteiger partial charge in [-0.2, -0.15) is 0 Å². The van der Waals surface area contributed by atoms with Gasteiger partial charge in [-0.1, -0.05) is 6.07 Å². The van der Waals surface area contributed by atoms with Crippen LogP contribution in [0.5, 0.6) is 23.0 Å². The number of Topliss-reactive ketones (excluding diaryl/α,β-unsaturated/α-hetero) is 1. The minimum Gasteiger partial charge on any atom is -0.493 e. The average Bonchev–Trinajstić information content (AvgIpc) is 3.28. The zero-order valence-corrected chi connectivity index (χ0v) is 20.9. The average molecular weight is 494 g/mol. The fraction of sp³-hybridized carbons (Fsp3) is 0.286. The summed E-state index contributed by atoms with van der Waals surface area (Å²) in [6.45, 7) is 3.61. The summed E-state index contributed by atoms with van der Waals surface area (Å²) in [5.41, 5.74) is 3.54. The molecule has 0 spiro atoms. The third kappa shape index (κ3) is 4.84. The highest BCUT2D eigenvalue weighted by Crippen LogP contribution is 2.41. The van der Waals surface area contributed by atoms with Gasteiger partial charge in [0.25, 0.3) is 5.91 Å². The summed E-state index contributed by atoms with van der Waals surface area (Å²) in [4.78, 5) is 24.8. The number of aryl methyl sites for hydroxylation is 1. The van der Waals surface area contributed by atoms with Crippen molar-refractivity contribution < 1.29 is 32.9 Å². The van der Waals surface area contributed by atoms with E-state index in [2.05, 4.69) is 5.32 Å². The zero-order chi connectivity index (χ0) is 26.0. The molecule has 1 N–H and O–H groups in total. The molecule has 0 aliphatic carbocycles. The van der Waals surface area contributed by atoms with Gasteiger partial charge in [-0.3, -0.25) is 9.59 Å². The summed E-state index contributed by atoms with van der Waals surface area (Å²) in [6.07, 6.45) is 0.207. The molecule has 0 radical (unpaired) electrons. The molecule has 188 valence electrons. The fourth-order valence-electron chi connectivity index (χ4n) is 4.38. The number of halogens is 1. The maximum Gasteiger partial charge on any atom is 0.251 e. The SMILES string of the molecule is COc1cc(C(=O)NC[C@@H]2Cc3cc(C)cc(-c4cc(C(C)=O)ccc4F)c3O2)cc(OC)c1OC. The van der Waals surface area contributed by atoms with Gasteiger partial charge in [0.05, 0.1) is 27.9 Å². The van der Waals surface area contributed by atoms with Crippen LogP contribution in [-0.2, 0) is 6.42 Å². The Labute approximate surface area is 209 Å². The van der Waals surface area contributed by atoms with Crippen LogP contribution in [0.3, 0.4) is 0 Å². The Morgan fingerprint density at radius 2 is 1.67 bits per heavy atom. The van der Waals surface area contributed by atoms with Crippen molar-refractivity contribution in [1.82, 2.24) is 5.32 Å². The lowest BCUT2D eigenvalue weighted by atomic mass is 9.95. The second-order valence-corrected chi connectivity index (χ2v) is 8.62. The number of methoxy groups -OCH3 is 3. The van der Waals surface area contributed by atoms with Gasteiger partial charge in [-0.15, -0.1) is 0 Å². The molecule has 36 heavy (non-hydrogen) atoms. The van der Waals surface area contributed by atoms with Crippen LogP contribution >= 0.6 is 0 Å². The molecular weight excluding hydrogens is 465 g/mol. The van der Waals surface area contributed by atoms with Crippen molar-refractivity contribution in [1.29, 1.82) is 0 Å². The van der Waals surface area contributed by atoms with Gasteiger partial charge >= 0.3 is 0 Å². The lowest BCUT2D eigenvalue weighted by Crippen LogP contribution is -2.34. The molecule has 0 bridgehead atoms.